The highest BCUT2D eigenvalue weighted by atomic mass is 79.9. The van der Waals surface area contributed by atoms with Crippen molar-refractivity contribution in [1.29, 1.82) is 0 Å². The summed E-state index contributed by atoms with van der Waals surface area (Å²) in [4.78, 5) is 13.4. The Kier molecular flexibility index (Phi) is 6.04. The summed E-state index contributed by atoms with van der Waals surface area (Å²) in [7, 11) is 0. The number of rotatable bonds is 5. The van der Waals surface area contributed by atoms with Crippen LogP contribution >= 0.6 is 15.9 Å². The summed E-state index contributed by atoms with van der Waals surface area (Å²) in [5.74, 6) is -0.171. The van der Waals surface area contributed by atoms with E-state index < -0.39 is 11.7 Å². The number of nitrogens with zero attached hydrogens (tertiary/aromatic N) is 1. The maximum Gasteiger partial charge on any atom is 0.416 e. The summed E-state index contributed by atoms with van der Waals surface area (Å²) in [5.41, 5.74) is 0.798. The van der Waals surface area contributed by atoms with Crippen LogP contribution in [0, 0.1) is 0 Å². The van der Waals surface area contributed by atoms with Crippen LogP contribution in [0.15, 0.2) is 53.0 Å². The van der Waals surface area contributed by atoms with Crippen LogP contribution in [-0.4, -0.2) is 17.4 Å². The Hall–Kier alpha value is -1.82. The molecule has 6 heteroatoms. The maximum atomic E-state index is 12.9. The normalized spacial score (nSPS) is 11.4. The molecule has 0 N–H and O–H groups in total. The Morgan fingerprint density at radius 2 is 1.79 bits per heavy atom. The predicted octanol–water partition coefficient (Wildman–Crippen LogP) is 5.06. The van der Waals surface area contributed by atoms with Crippen molar-refractivity contribution in [2.24, 2.45) is 0 Å². The van der Waals surface area contributed by atoms with Gasteiger partial charge in [-0.05, 0) is 35.7 Å². The minimum atomic E-state index is -4.40. The second kappa shape index (κ2) is 7.83. The smallest absolute Gasteiger partial charge is 0.338 e. The molecule has 0 saturated heterocycles. The molecule has 128 valence electrons. The minimum absolute atomic E-state index is 0.132. The molecule has 2 aromatic rings. The quantitative estimate of drug-likeness (QED) is 0.687. The first-order valence-electron chi connectivity index (χ1n) is 7.42. The van der Waals surface area contributed by atoms with E-state index in [0.717, 1.165) is 17.7 Å². The lowest BCUT2D eigenvalue weighted by atomic mass is 10.1. The SMILES string of the molecule is CC(=O)N(CCc1ccccc1)Cc1cc(C(F)(F)F)ccc1Br. The molecule has 0 atom stereocenters. The fraction of sp³-hybridized carbons (Fsp3) is 0.278. The number of hydrogen-bond donors (Lipinski definition) is 0. The fourth-order valence-electron chi connectivity index (χ4n) is 2.33. The van der Waals surface area contributed by atoms with Gasteiger partial charge in [0.05, 0.1) is 5.56 Å². The summed E-state index contributed by atoms with van der Waals surface area (Å²) in [6.07, 6.45) is -3.75. The Bertz CT molecular complexity index is 701. The number of halogens is 4. The van der Waals surface area contributed by atoms with Gasteiger partial charge in [0, 0.05) is 24.5 Å². The fourth-order valence-corrected chi connectivity index (χ4v) is 2.71. The van der Waals surface area contributed by atoms with Crippen LogP contribution in [0.4, 0.5) is 13.2 Å². The van der Waals surface area contributed by atoms with Gasteiger partial charge in [0.15, 0.2) is 0 Å². The van der Waals surface area contributed by atoms with Crippen LogP contribution in [0.5, 0.6) is 0 Å². The Labute approximate surface area is 147 Å². The van der Waals surface area contributed by atoms with Crippen molar-refractivity contribution in [1.82, 2.24) is 4.90 Å². The van der Waals surface area contributed by atoms with Crippen LogP contribution < -0.4 is 0 Å². The molecule has 0 fully saturated rings. The molecule has 0 radical (unpaired) electrons. The summed E-state index contributed by atoms with van der Waals surface area (Å²) in [6, 6.07) is 13.1. The topological polar surface area (TPSA) is 20.3 Å². The highest BCUT2D eigenvalue weighted by Gasteiger charge is 2.31. The molecule has 1 amide bonds. The van der Waals surface area contributed by atoms with Crippen molar-refractivity contribution in [3.05, 3.63) is 69.7 Å². The van der Waals surface area contributed by atoms with Crippen LogP contribution in [-0.2, 0) is 23.9 Å². The summed E-state index contributed by atoms with van der Waals surface area (Å²) in [6.45, 7) is 2.00. The summed E-state index contributed by atoms with van der Waals surface area (Å²) < 4.78 is 39.2. The highest BCUT2D eigenvalue weighted by Crippen LogP contribution is 2.32. The Balaban J connectivity index is 2.14. The monoisotopic (exact) mass is 399 g/mol. The highest BCUT2D eigenvalue weighted by molar-refractivity contribution is 9.10. The lowest BCUT2D eigenvalue weighted by Crippen LogP contribution is -2.30. The van der Waals surface area contributed by atoms with Gasteiger partial charge in [-0.2, -0.15) is 13.2 Å². The molecular weight excluding hydrogens is 383 g/mol. The molecule has 0 aromatic heterocycles. The van der Waals surface area contributed by atoms with Gasteiger partial charge in [0.1, 0.15) is 0 Å². The van der Waals surface area contributed by atoms with E-state index in [1.54, 1.807) is 4.90 Å². The third-order valence-electron chi connectivity index (χ3n) is 3.69. The minimum Gasteiger partial charge on any atom is -0.338 e. The zero-order valence-corrected chi connectivity index (χ0v) is 14.7. The lowest BCUT2D eigenvalue weighted by molar-refractivity contribution is -0.137. The molecule has 0 unspecified atom stereocenters. The van der Waals surface area contributed by atoms with Crippen molar-refractivity contribution < 1.29 is 18.0 Å². The molecule has 0 heterocycles. The third-order valence-corrected chi connectivity index (χ3v) is 4.47. The standard InChI is InChI=1S/C18H17BrF3NO/c1-13(24)23(10-9-14-5-3-2-4-6-14)12-15-11-16(18(20,21)22)7-8-17(15)19/h2-8,11H,9-10,12H2,1H3. The van der Waals surface area contributed by atoms with Gasteiger partial charge < -0.3 is 4.90 Å². The number of alkyl halides is 3. The van der Waals surface area contributed by atoms with E-state index in [2.05, 4.69) is 15.9 Å². The average Bonchev–Trinajstić information content (AvgIpc) is 2.52. The molecule has 0 aliphatic carbocycles. The zero-order valence-electron chi connectivity index (χ0n) is 13.1. The molecule has 0 saturated carbocycles. The van der Waals surface area contributed by atoms with E-state index in [0.29, 0.717) is 23.0 Å². The van der Waals surface area contributed by atoms with Gasteiger partial charge in [0.25, 0.3) is 0 Å². The van der Waals surface area contributed by atoms with Crippen molar-refractivity contribution >= 4 is 21.8 Å². The molecular formula is C18H17BrF3NO. The lowest BCUT2D eigenvalue weighted by Gasteiger charge is -2.22. The van der Waals surface area contributed by atoms with E-state index in [1.165, 1.54) is 13.0 Å². The number of benzene rings is 2. The van der Waals surface area contributed by atoms with Gasteiger partial charge >= 0.3 is 6.18 Å². The first-order valence-corrected chi connectivity index (χ1v) is 8.21. The van der Waals surface area contributed by atoms with Gasteiger partial charge in [-0.3, -0.25) is 4.79 Å². The van der Waals surface area contributed by atoms with Crippen LogP contribution in [0.1, 0.15) is 23.6 Å². The van der Waals surface area contributed by atoms with Crippen molar-refractivity contribution in [3.63, 3.8) is 0 Å². The van der Waals surface area contributed by atoms with Crippen LogP contribution in [0.3, 0.4) is 0 Å². The van der Waals surface area contributed by atoms with E-state index in [9.17, 15) is 18.0 Å². The van der Waals surface area contributed by atoms with Crippen LogP contribution in [0.25, 0.3) is 0 Å². The maximum absolute atomic E-state index is 12.9. The second-order valence-corrected chi connectivity index (χ2v) is 6.33. The summed E-state index contributed by atoms with van der Waals surface area (Å²) in [5, 5.41) is 0. The van der Waals surface area contributed by atoms with E-state index in [4.69, 9.17) is 0 Å². The Morgan fingerprint density at radius 3 is 2.38 bits per heavy atom. The number of amides is 1. The van der Waals surface area contributed by atoms with Crippen molar-refractivity contribution in [2.75, 3.05) is 6.54 Å². The number of carbonyl (C=O) groups is 1. The number of hydrogen-bond acceptors (Lipinski definition) is 1. The Morgan fingerprint density at radius 1 is 1.12 bits per heavy atom. The first kappa shape index (κ1) is 18.5. The van der Waals surface area contributed by atoms with E-state index in [-0.39, 0.29) is 12.5 Å². The number of carbonyl (C=O) groups excluding carboxylic acids is 1. The predicted molar refractivity (Wildman–Crippen MR) is 90.4 cm³/mol. The van der Waals surface area contributed by atoms with Gasteiger partial charge in [-0.25, -0.2) is 0 Å². The molecule has 2 rings (SSSR count). The largest absolute Gasteiger partial charge is 0.416 e. The molecule has 0 aliphatic rings. The van der Waals surface area contributed by atoms with Gasteiger partial charge in [0.2, 0.25) is 5.91 Å². The molecule has 0 aliphatic heterocycles. The van der Waals surface area contributed by atoms with Gasteiger partial charge in [-0.15, -0.1) is 0 Å². The molecule has 2 nitrogen and oxygen atoms in total. The molecule has 0 spiro atoms. The van der Waals surface area contributed by atoms with Crippen LogP contribution in [0.2, 0.25) is 0 Å². The molecule has 24 heavy (non-hydrogen) atoms. The van der Waals surface area contributed by atoms with Gasteiger partial charge in [-0.1, -0.05) is 46.3 Å². The first-order chi connectivity index (χ1) is 11.3. The van der Waals surface area contributed by atoms with Crippen molar-refractivity contribution in [3.8, 4) is 0 Å². The average molecular weight is 400 g/mol. The second-order valence-electron chi connectivity index (χ2n) is 5.48. The third kappa shape index (κ3) is 5.09. The molecule has 0 bridgehead atoms. The summed E-state index contributed by atoms with van der Waals surface area (Å²) >= 11 is 3.27. The van der Waals surface area contributed by atoms with E-state index in [1.807, 2.05) is 30.3 Å². The van der Waals surface area contributed by atoms with Crippen molar-refractivity contribution in [2.45, 2.75) is 26.1 Å². The van der Waals surface area contributed by atoms with E-state index >= 15 is 0 Å². The zero-order chi connectivity index (χ0) is 17.7. The molecule has 2 aromatic carbocycles.